The van der Waals surface area contributed by atoms with E-state index in [-0.39, 0.29) is 5.41 Å². The Morgan fingerprint density at radius 2 is 2.18 bits per heavy atom. The van der Waals surface area contributed by atoms with Crippen molar-refractivity contribution < 1.29 is 4.79 Å². The first-order valence-electron chi connectivity index (χ1n) is 6.04. The topological polar surface area (TPSA) is 46.3 Å². The molecule has 0 saturated heterocycles. The van der Waals surface area contributed by atoms with Gasteiger partial charge in [0, 0.05) is 26.2 Å². The van der Waals surface area contributed by atoms with Gasteiger partial charge in [0.05, 0.1) is 0 Å². The standard InChI is InChI=1S/C14H20N2O/c1-16(2)13-5-3-4-11-8-14(10-15,6-7-17)9-12(11)13/h3-5,7H,6,8-10,15H2,1-2H3. The van der Waals surface area contributed by atoms with E-state index >= 15 is 0 Å². The van der Waals surface area contributed by atoms with E-state index in [1.165, 1.54) is 16.8 Å². The number of hydrogen-bond acceptors (Lipinski definition) is 3. The van der Waals surface area contributed by atoms with Crippen LogP contribution in [0.2, 0.25) is 0 Å². The molecule has 0 aliphatic heterocycles. The number of fused-ring (bicyclic) bond motifs is 1. The van der Waals surface area contributed by atoms with Crippen molar-refractivity contribution >= 4 is 12.0 Å². The predicted molar refractivity (Wildman–Crippen MR) is 70.3 cm³/mol. The highest BCUT2D eigenvalue weighted by molar-refractivity contribution is 5.60. The van der Waals surface area contributed by atoms with Crippen molar-refractivity contribution in [2.24, 2.45) is 11.1 Å². The second-order valence-corrected chi connectivity index (χ2v) is 5.24. The Labute approximate surface area is 103 Å². The molecule has 0 radical (unpaired) electrons. The summed E-state index contributed by atoms with van der Waals surface area (Å²) in [5, 5.41) is 0. The first-order valence-corrected chi connectivity index (χ1v) is 6.04. The summed E-state index contributed by atoms with van der Waals surface area (Å²) in [4.78, 5) is 13.0. The van der Waals surface area contributed by atoms with Gasteiger partial charge in [0.15, 0.2) is 0 Å². The number of carbonyl (C=O) groups excluding carboxylic acids is 1. The lowest BCUT2D eigenvalue weighted by atomic mass is 9.82. The summed E-state index contributed by atoms with van der Waals surface area (Å²) in [5.74, 6) is 0. The van der Waals surface area contributed by atoms with Crippen LogP contribution in [-0.4, -0.2) is 26.9 Å². The van der Waals surface area contributed by atoms with Gasteiger partial charge in [-0.2, -0.15) is 0 Å². The molecule has 0 saturated carbocycles. The highest BCUT2D eigenvalue weighted by Crippen LogP contribution is 2.42. The number of benzene rings is 1. The fraction of sp³-hybridized carbons (Fsp3) is 0.500. The molecule has 17 heavy (non-hydrogen) atoms. The molecule has 0 spiro atoms. The van der Waals surface area contributed by atoms with Crippen molar-refractivity contribution in [1.82, 2.24) is 0 Å². The van der Waals surface area contributed by atoms with Crippen LogP contribution in [0.15, 0.2) is 18.2 Å². The molecule has 2 N–H and O–H groups in total. The van der Waals surface area contributed by atoms with Crippen molar-refractivity contribution in [3.8, 4) is 0 Å². The molecule has 3 heteroatoms. The third-order valence-electron chi connectivity index (χ3n) is 3.80. The Morgan fingerprint density at radius 3 is 2.76 bits per heavy atom. The Kier molecular flexibility index (Phi) is 3.20. The molecule has 2 rings (SSSR count). The van der Waals surface area contributed by atoms with Gasteiger partial charge < -0.3 is 15.4 Å². The Bertz CT molecular complexity index is 428. The highest BCUT2D eigenvalue weighted by atomic mass is 16.1. The van der Waals surface area contributed by atoms with E-state index in [9.17, 15) is 4.79 Å². The zero-order valence-electron chi connectivity index (χ0n) is 10.6. The molecule has 1 aromatic rings. The molecule has 0 aromatic heterocycles. The van der Waals surface area contributed by atoms with Crippen LogP contribution in [-0.2, 0) is 17.6 Å². The Morgan fingerprint density at radius 1 is 1.41 bits per heavy atom. The fourth-order valence-electron chi connectivity index (χ4n) is 2.80. The van der Waals surface area contributed by atoms with Gasteiger partial charge in [-0.25, -0.2) is 0 Å². The predicted octanol–water partition coefficient (Wildman–Crippen LogP) is 1.39. The largest absolute Gasteiger partial charge is 0.377 e. The molecule has 0 heterocycles. The van der Waals surface area contributed by atoms with Gasteiger partial charge >= 0.3 is 0 Å². The van der Waals surface area contributed by atoms with Crippen molar-refractivity contribution in [3.05, 3.63) is 29.3 Å². The number of rotatable bonds is 4. The van der Waals surface area contributed by atoms with Crippen molar-refractivity contribution in [1.29, 1.82) is 0 Å². The van der Waals surface area contributed by atoms with E-state index in [4.69, 9.17) is 5.73 Å². The molecule has 92 valence electrons. The van der Waals surface area contributed by atoms with Crippen LogP contribution in [0.1, 0.15) is 17.5 Å². The fourth-order valence-corrected chi connectivity index (χ4v) is 2.80. The van der Waals surface area contributed by atoms with Crippen LogP contribution >= 0.6 is 0 Å². The van der Waals surface area contributed by atoms with E-state index in [1.807, 2.05) is 0 Å². The maximum atomic E-state index is 10.8. The summed E-state index contributed by atoms with van der Waals surface area (Å²) in [6.07, 6.45) is 3.42. The number of anilines is 1. The maximum absolute atomic E-state index is 10.8. The smallest absolute Gasteiger partial charge is 0.120 e. The molecule has 0 bridgehead atoms. The molecule has 3 nitrogen and oxygen atoms in total. The number of hydrogen-bond donors (Lipinski definition) is 1. The Hall–Kier alpha value is -1.35. The lowest BCUT2D eigenvalue weighted by Crippen LogP contribution is -2.31. The van der Waals surface area contributed by atoms with Gasteiger partial charge in [-0.3, -0.25) is 0 Å². The van der Waals surface area contributed by atoms with Crippen molar-refractivity contribution in [2.45, 2.75) is 19.3 Å². The maximum Gasteiger partial charge on any atom is 0.120 e. The highest BCUT2D eigenvalue weighted by Gasteiger charge is 2.37. The second-order valence-electron chi connectivity index (χ2n) is 5.24. The van der Waals surface area contributed by atoms with Crippen molar-refractivity contribution in [2.75, 3.05) is 25.5 Å². The monoisotopic (exact) mass is 232 g/mol. The quantitative estimate of drug-likeness (QED) is 0.798. The molecule has 0 fully saturated rings. The Balaban J connectivity index is 2.38. The first kappa shape index (κ1) is 12.1. The molecule has 1 aliphatic rings. The van der Waals surface area contributed by atoms with Gasteiger partial charge in [0.2, 0.25) is 0 Å². The van der Waals surface area contributed by atoms with E-state index < -0.39 is 0 Å². The summed E-state index contributed by atoms with van der Waals surface area (Å²) < 4.78 is 0. The second kappa shape index (κ2) is 4.49. The third-order valence-corrected chi connectivity index (χ3v) is 3.80. The number of nitrogens with two attached hydrogens (primary N) is 1. The molecule has 1 aliphatic carbocycles. The normalized spacial score (nSPS) is 22.3. The number of carbonyl (C=O) groups is 1. The van der Waals surface area contributed by atoms with Gasteiger partial charge in [-0.15, -0.1) is 0 Å². The minimum Gasteiger partial charge on any atom is -0.377 e. The van der Waals surface area contributed by atoms with E-state index in [1.54, 1.807) is 0 Å². The molecule has 1 atom stereocenters. The summed E-state index contributed by atoms with van der Waals surface area (Å²) in [6, 6.07) is 6.37. The van der Waals surface area contributed by atoms with Gasteiger partial charge in [-0.1, -0.05) is 12.1 Å². The van der Waals surface area contributed by atoms with Crippen LogP contribution in [0, 0.1) is 5.41 Å². The summed E-state index contributed by atoms with van der Waals surface area (Å²) in [7, 11) is 4.11. The van der Waals surface area contributed by atoms with E-state index in [0.717, 1.165) is 19.1 Å². The van der Waals surface area contributed by atoms with Gasteiger partial charge in [0.1, 0.15) is 6.29 Å². The van der Waals surface area contributed by atoms with Gasteiger partial charge in [0.25, 0.3) is 0 Å². The summed E-state index contributed by atoms with van der Waals surface area (Å²) in [5.41, 5.74) is 9.81. The van der Waals surface area contributed by atoms with Crippen LogP contribution in [0.4, 0.5) is 5.69 Å². The van der Waals surface area contributed by atoms with Crippen LogP contribution in [0.3, 0.4) is 0 Å². The molecule has 1 aromatic carbocycles. The number of nitrogens with zero attached hydrogens (tertiary/aromatic N) is 1. The minimum atomic E-state index is -0.0454. The van der Waals surface area contributed by atoms with E-state index in [0.29, 0.717) is 13.0 Å². The van der Waals surface area contributed by atoms with E-state index in [2.05, 4.69) is 37.2 Å². The van der Waals surface area contributed by atoms with Crippen LogP contribution in [0.5, 0.6) is 0 Å². The SMILES string of the molecule is CN(C)c1cccc2c1CC(CN)(CC=O)C2. The lowest BCUT2D eigenvalue weighted by Gasteiger charge is -2.24. The molecule has 0 amide bonds. The lowest BCUT2D eigenvalue weighted by molar-refractivity contribution is -0.109. The number of aldehydes is 1. The van der Waals surface area contributed by atoms with Crippen LogP contribution in [0.25, 0.3) is 0 Å². The zero-order chi connectivity index (χ0) is 12.5. The molecular formula is C14H20N2O. The summed E-state index contributed by atoms with van der Waals surface area (Å²) in [6.45, 7) is 0.577. The molecular weight excluding hydrogens is 212 g/mol. The van der Waals surface area contributed by atoms with Gasteiger partial charge in [-0.05, 0) is 42.0 Å². The zero-order valence-corrected chi connectivity index (χ0v) is 10.6. The van der Waals surface area contributed by atoms with Crippen molar-refractivity contribution in [3.63, 3.8) is 0 Å². The van der Waals surface area contributed by atoms with Crippen LogP contribution < -0.4 is 10.6 Å². The minimum absolute atomic E-state index is 0.0454. The first-order chi connectivity index (χ1) is 8.12. The summed E-state index contributed by atoms with van der Waals surface area (Å²) >= 11 is 0. The average molecular weight is 232 g/mol. The third kappa shape index (κ3) is 2.07. The average Bonchev–Trinajstić information content (AvgIpc) is 2.67. The molecule has 1 unspecified atom stereocenters.